The topological polar surface area (TPSA) is 78.1 Å². The Morgan fingerprint density at radius 1 is 1.48 bits per heavy atom. The van der Waals surface area contributed by atoms with E-state index in [1.54, 1.807) is 0 Å². The SMILES string of the molecule is COC(=O)CC1(CSc2cc(N)nc(C(F)(F)F)n2)CC1. The number of nitrogens with zero attached hydrogens (tertiary/aromatic N) is 2. The van der Waals surface area contributed by atoms with Crippen molar-refractivity contribution < 1.29 is 22.7 Å². The van der Waals surface area contributed by atoms with Crippen molar-refractivity contribution in [1.29, 1.82) is 0 Å². The Balaban J connectivity index is 2.04. The van der Waals surface area contributed by atoms with E-state index in [1.165, 1.54) is 13.2 Å². The van der Waals surface area contributed by atoms with Gasteiger partial charge in [0.1, 0.15) is 10.8 Å². The average Bonchev–Trinajstić information content (AvgIpc) is 3.15. The van der Waals surface area contributed by atoms with Crippen molar-refractivity contribution in [1.82, 2.24) is 9.97 Å². The number of thioether (sulfide) groups is 1. The van der Waals surface area contributed by atoms with Crippen molar-refractivity contribution in [2.24, 2.45) is 5.41 Å². The van der Waals surface area contributed by atoms with E-state index in [0.717, 1.165) is 24.6 Å². The Bertz CT molecular complexity index is 547. The van der Waals surface area contributed by atoms with E-state index < -0.39 is 12.0 Å². The number of carbonyl (C=O) groups excluding carboxylic acids is 1. The summed E-state index contributed by atoms with van der Waals surface area (Å²) in [5.74, 6) is -1.29. The van der Waals surface area contributed by atoms with Crippen LogP contribution < -0.4 is 5.73 Å². The van der Waals surface area contributed by atoms with Crippen LogP contribution in [0, 0.1) is 5.41 Å². The summed E-state index contributed by atoms with van der Waals surface area (Å²) in [6.45, 7) is 0. The number of halogens is 3. The summed E-state index contributed by atoms with van der Waals surface area (Å²) in [7, 11) is 1.31. The van der Waals surface area contributed by atoms with Crippen LogP contribution in [0.3, 0.4) is 0 Å². The van der Waals surface area contributed by atoms with Crippen LogP contribution in [0.1, 0.15) is 25.1 Å². The molecule has 1 aromatic heterocycles. The largest absolute Gasteiger partial charge is 0.469 e. The number of carbonyl (C=O) groups is 1. The summed E-state index contributed by atoms with van der Waals surface area (Å²) in [6.07, 6.45) is -2.67. The first-order valence-electron chi connectivity index (χ1n) is 6.15. The molecule has 9 heteroatoms. The van der Waals surface area contributed by atoms with E-state index in [1.807, 2.05) is 0 Å². The first kappa shape index (κ1) is 15.9. The van der Waals surface area contributed by atoms with Crippen molar-refractivity contribution in [2.45, 2.75) is 30.5 Å². The second-order valence-corrected chi connectivity index (χ2v) is 5.99. The van der Waals surface area contributed by atoms with Gasteiger partial charge in [0.2, 0.25) is 5.82 Å². The highest BCUT2D eigenvalue weighted by Gasteiger charge is 2.44. The van der Waals surface area contributed by atoms with E-state index in [-0.39, 0.29) is 28.6 Å². The number of nitrogens with two attached hydrogens (primary N) is 1. The highest BCUT2D eigenvalue weighted by atomic mass is 32.2. The number of anilines is 1. The number of rotatable bonds is 5. The predicted molar refractivity (Wildman–Crippen MR) is 70.5 cm³/mol. The van der Waals surface area contributed by atoms with Gasteiger partial charge in [-0.1, -0.05) is 0 Å². The normalized spacial score (nSPS) is 16.6. The molecule has 1 heterocycles. The van der Waals surface area contributed by atoms with Crippen LogP contribution in [0.4, 0.5) is 19.0 Å². The number of aromatic nitrogens is 2. The molecule has 0 radical (unpaired) electrons. The van der Waals surface area contributed by atoms with Gasteiger partial charge in [-0.05, 0) is 18.3 Å². The molecule has 5 nitrogen and oxygen atoms in total. The summed E-state index contributed by atoms with van der Waals surface area (Å²) in [6, 6.07) is 1.30. The van der Waals surface area contributed by atoms with Crippen molar-refractivity contribution in [2.75, 3.05) is 18.6 Å². The molecule has 0 spiro atoms. The average molecular weight is 321 g/mol. The van der Waals surface area contributed by atoms with Gasteiger partial charge in [0.15, 0.2) is 0 Å². The summed E-state index contributed by atoms with van der Waals surface area (Å²) < 4.78 is 42.4. The number of hydrogen-bond donors (Lipinski definition) is 1. The van der Waals surface area contributed by atoms with Gasteiger partial charge in [-0.15, -0.1) is 11.8 Å². The van der Waals surface area contributed by atoms with Gasteiger partial charge in [-0.3, -0.25) is 4.79 Å². The number of esters is 1. The second kappa shape index (κ2) is 5.70. The van der Waals surface area contributed by atoms with Crippen LogP contribution in [-0.2, 0) is 15.7 Å². The van der Waals surface area contributed by atoms with Gasteiger partial charge in [-0.2, -0.15) is 13.2 Å². The summed E-state index contributed by atoms with van der Waals surface area (Å²) in [5.41, 5.74) is 5.18. The van der Waals surface area contributed by atoms with Crippen LogP contribution in [0.2, 0.25) is 0 Å². The molecule has 116 valence electrons. The number of alkyl halides is 3. The van der Waals surface area contributed by atoms with Crippen molar-refractivity contribution >= 4 is 23.5 Å². The van der Waals surface area contributed by atoms with Crippen LogP contribution in [0.15, 0.2) is 11.1 Å². The molecule has 1 aromatic rings. The third-order valence-electron chi connectivity index (χ3n) is 3.21. The molecule has 0 atom stereocenters. The van der Waals surface area contributed by atoms with Gasteiger partial charge in [0, 0.05) is 11.8 Å². The first-order valence-corrected chi connectivity index (χ1v) is 7.14. The molecule has 2 N–H and O–H groups in total. The molecular formula is C12H14F3N3O2S. The predicted octanol–water partition coefficient (Wildman–Crippen LogP) is 2.51. The third kappa shape index (κ3) is 4.23. The zero-order valence-corrected chi connectivity index (χ0v) is 12.1. The third-order valence-corrected chi connectivity index (χ3v) is 4.47. The molecule has 1 aliphatic rings. The van der Waals surface area contributed by atoms with Crippen molar-refractivity contribution in [3.8, 4) is 0 Å². The molecule has 1 saturated carbocycles. The number of methoxy groups -OCH3 is 1. The molecule has 1 aliphatic carbocycles. The monoisotopic (exact) mass is 321 g/mol. The van der Waals surface area contributed by atoms with Gasteiger partial charge >= 0.3 is 12.1 Å². The fourth-order valence-electron chi connectivity index (χ4n) is 1.80. The molecule has 0 aromatic carbocycles. The molecular weight excluding hydrogens is 307 g/mol. The second-order valence-electron chi connectivity index (χ2n) is 4.99. The minimum Gasteiger partial charge on any atom is -0.469 e. The Kier molecular flexibility index (Phi) is 4.31. The molecule has 21 heavy (non-hydrogen) atoms. The molecule has 1 fully saturated rings. The fraction of sp³-hybridized carbons (Fsp3) is 0.583. The Hall–Kier alpha value is -1.51. The lowest BCUT2D eigenvalue weighted by molar-refractivity contribution is -0.145. The lowest BCUT2D eigenvalue weighted by Gasteiger charge is -2.13. The smallest absolute Gasteiger partial charge is 0.451 e. The first-order chi connectivity index (χ1) is 9.74. The van der Waals surface area contributed by atoms with Crippen LogP contribution in [0.5, 0.6) is 0 Å². The molecule has 2 rings (SSSR count). The van der Waals surface area contributed by atoms with Crippen molar-refractivity contribution in [3.63, 3.8) is 0 Å². The minimum atomic E-state index is -4.63. The molecule has 0 saturated heterocycles. The van der Waals surface area contributed by atoms with Gasteiger partial charge in [0.25, 0.3) is 0 Å². The van der Waals surface area contributed by atoms with Crippen LogP contribution >= 0.6 is 11.8 Å². The van der Waals surface area contributed by atoms with E-state index in [4.69, 9.17) is 5.73 Å². The van der Waals surface area contributed by atoms with Crippen molar-refractivity contribution in [3.05, 3.63) is 11.9 Å². The molecule has 0 amide bonds. The Labute approximate surface area is 123 Å². The number of hydrogen-bond acceptors (Lipinski definition) is 6. The maximum atomic E-state index is 12.6. The highest BCUT2D eigenvalue weighted by Crippen LogP contribution is 2.52. The van der Waals surface area contributed by atoms with Crippen LogP contribution in [0.25, 0.3) is 0 Å². The zero-order chi connectivity index (χ0) is 15.7. The van der Waals surface area contributed by atoms with E-state index in [2.05, 4.69) is 14.7 Å². The quantitative estimate of drug-likeness (QED) is 0.510. The standard InChI is InChI=1S/C12H14F3N3O2S/c1-20-9(19)5-11(2-3-11)6-21-8-4-7(16)17-10(18-8)12(13,14)15/h4H,2-3,5-6H2,1H3,(H2,16,17,18). The molecule has 0 unspecified atom stereocenters. The van der Waals surface area contributed by atoms with Gasteiger partial charge < -0.3 is 10.5 Å². The highest BCUT2D eigenvalue weighted by molar-refractivity contribution is 7.99. The summed E-state index contributed by atoms with van der Waals surface area (Å²) in [5, 5.41) is 0.158. The Morgan fingerprint density at radius 3 is 2.67 bits per heavy atom. The Morgan fingerprint density at radius 2 is 2.14 bits per heavy atom. The minimum absolute atomic E-state index is 0.158. The summed E-state index contributed by atoms with van der Waals surface area (Å²) in [4.78, 5) is 17.9. The number of ether oxygens (including phenoxy) is 1. The zero-order valence-electron chi connectivity index (χ0n) is 11.2. The fourth-order valence-corrected chi connectivity index (χ4v) is 3.00. The van der Waals surface area contributed by atoms with Crippen LogP contribution in [-0.4, -0.2) is 28.8 Å². The van der Waals surface area contributed by atoms with E-state index >= 15 is 0 Å². The maximum absolute atomic E-state index is 12.6. The van der Waals surface area contributed by atoms with Gasteiger partial charge in [0.05, 0.1) is 13.5 Å². The summed E-state index contributed by atoms with van der Waals surface area (Å²) >= 11 is 1.15. The molecule has 0 aliphatic heterocycles. The number of nitrogen functional groups attached to an aromatic ring is 1. The maximum Gasteiger partial charge on any atom is 0.451 e. The van der Waals surface area contributed by atoms with E-state index in [9.17, 15) is 18.0 Å². The lowest BCUT2D eigenvalue weighted by atomic mass is 10.1. The van der Waals surface area contributed by atoms with E-state index in [0.29, 0.717) is 5.75 Å². The molecule has 0 bridgehead atoms. The van der Waals surface area contributed by atoms with Gasteiger partial charge in [-0.25, -0.2) is 9.97 Å². The lowest BCUT2D eigenvalue weighted by Crippen LogP contribution is -2.15.